The van der Waals surface area contributed by atoms with Crippen LogP contribution in [0.4, 0.5) is 10.3 Å². The van der Waals surface area contributed by atoms with Crippen LogP contribution in [0.25, 0.3) is 0 Å². The molecule has 1 aromatic carbocycles. The summed E-state index contributed by atoms with van der Waals surface area (Å²) in [5.74, 6) is -2.28. The number of hydrogen-bond acceptors (Lipinski definition) is 5. The maximum Gasteiger partial charge on any atom is 0.264 e. The third-order valence-electron chi connectivity index (χ3n) is 2.32. The van der Waals surface area contributed by atoms with Gasteiger partial charge in [0, 0.05) is 6.07 Å². The number of anilines is 1. The lowest BCUT2D eigenvalue weighted by Gasteiger charge is -2.07. The molecule has 0 radical (unpaired) electrons. The minimum atomic E-state index is -0.898. The smallest absolute Gasteiger partial charge is 0.264 e. The molecule has 2 N–H and O–H groups in total. The Balaban J connectivity index is 2.30. The quantitative estimate of drug-likeness (QED) is 0.849. The van der Waals surface area contributed by atoms with E-state index in [9.17, 15) is 14.3 Å². The van der Waals surface area contributed by atoms with Gasteiger partial charge in [-0.05, 0) is 12.1 Å². The second-order valence-corrected chi connectivity index (χ2v) is 4.03. The van der Waals surface area contributed by atoms with E-state index in [1.54, 1.807) is 0 Å². The highest BCUT2D eigenvalue weighted by Gasteiger charge is 2.18. The van der Waals surface area contributed by atoms with Gasteiger partial charge in [-0.15, -0.1) is 0 Å². The number of benzene rings is 1. The van der Waals surface area contributed by atoms with Crippen LogP contribution in [0, 0.1) is 5.82 Å². The summed E-state index contributed by atoms with van der Waals surface area (Å²) < 4.78 is 18.4. The summed E-state index contributed by atoms with van der Waals surface area (Å²) in [6, 6.07) is 4.86. The summed E-state index contributed by atoms with van der Waals surface area (Å²) in [7, 11) is 1.37. The van der Waals surface area contributed by atoms with E-state index >= 15 is 0 Å². The molecule has 0 spiro atoms. The third-order valence-corrected chi connectivity index (χ3v) is 2.52. The molecule has 0 atom stereocenters. The van der Waals surface area contributed by atoms with E-state index in [2.05, 4.69) is 15.3 Å². The van der Waals surface area contributed by atoms with Crippen LogP contribution in [0.5, 0.6) is 11.6 Å². The maximum atomic E-state index is 13.5. The first-order chi connectivity index (χ1) is 9.51. The summed E-state index contributed by atoms with van der Waals surface area (Å²) in [4.78, 5) is 19.5. The van der Waals surface area contributed by atoms with Crippen LogP contribution < -0.4 is 10.1 Å². The number of phenols is 1. The minimum Gasteiger partial charge on any atom is -0.507 e. The Labute approximate surface area is 118 Å². The van der Waals surface area contributed by atoms with Crippen LogP contribution in [-0.4, -0.2) is 28.1 Å². The standard InChI is InChI=1S/C12H9ClFN3O3/c1-20-9-5-8(13)15-12(16-9)17-11(19)10-6(14)3-2-4-7(10)18/h2-5,18H,1H3,(H,15,16,17,19). The van der Waals surface area contributed by atoms with Gasteiger partial charge < -0.3 is 9.84 Å². The molecule has 6 nitrogen and oxygen atoms in total. The van der Waals surface area contributed by atoms with Gasteiger partial charge in [0.25, 0.3) is 5.91 Å². The second-order valence-electron chi connectivity index (χ2n) is 3.64. The van der Waals surface area contributed by atoms with Gasteiger partial charge in [0.15, 0.2) is 0 Å². The van der Waals surface area contributed by atoms with Crippen molar-refractivity contribution in [2.45, 2.75) is 0 Å². The van der Waals surface area contributed by atoms with E-state index in [1.165, 1.54) is 25.3 Å². The van der Waals surface area contributed by atoms with Gasteiger partial charge in [-0.25, -0.2) is 9.37 Å². The zero-order valence-electron chi connectivity index (χ0n) is 10.2. The monoisotopic (exact) mass is 297 g/mol. The van der Waals surface area contributed by atoms with Crippen LogP contribution >= 0.6 is 11.6 Å². The van der Waals surface area contributed by atoms with E-state index in [0.29, 0.717) is 0 Å². The fourth-order valence-corrected chi connectivity index (χ4v) is 1.63. The molecule has 104 valence electrons. The van der Waals surface area contributed by atoms with Crippen molar-refractivity contribution < 1.29 is 19.0 Å². The SMILES string of the molecule is COc1cc(Cl)nc(NC(=O)c2c(O)cccc2F)n1. The molecule has 1 heterocycles. The van der Waals surface area contributed by atoms with E-state index in [-0.39, 0.29) is 17.0 Å². The number of ether oxygens (including phenoxy) is 1. The number of amides is 1. The van der Waals surface area contributed by atoms with Gasteiger partial charge in [0.1, 0.15) is 22.3 Å². The Morgan fingerprint density at radius 2 is 2.20 bits per heavy atom. The van der Waals surface area contributed by atoms with Gasteiger partial charge >= 0.3 is 0 Å². The Bertz CT molecular complexity index is 646. The molecule has 8 heteroatoms. The molecule has 2 rings (SSSR count). The zero-order chi connectivity index (χ0) is 14.7. The first kappa shape index (κ1) is 14.0. The maximum absolute atomic E-state index is 13.5. The number of halogens is 2. The summed E-state index contributed by atoms with van der Waals surface area (Å²) >= 11 is 5.71. The van der Waals surface area contributed by atoms with Crippen LogP contribution in [0.3, 0.4) is 0 Å². The highest BCUT2D eigenvalue weighted by Crippen LogP contribution is 2.21. The van der Waals surface area contributed by atoms with Gasteiger partial charge in [-0.3, -0.25) is 10.1 Å². The third kappa shape index (κ3) is 2.94. The summed E-state index contributed by atoms with van der Waals surface area (Å²) in [5, 5.41) is 11.8. The van der Waals surface area contributed by atoms with Crippen molar-refractivity contribution in [1.82, 2.24) is 9.97 Å². The highest BCUT2D eigenvalue weighted by molar-refractivity contribution is 6.29. The molecular formula is C12H9ClFN3O3. The van der Waals surface area contributed by atoms with Gasteiger partial charge in [0.05, 0.1) is 7.11 Å². The molecule has 1 amide bonds. The molecule has 0 bridgehead atoms. The number of nitrogens with one attached hydrogen (secondary N) is 1. The van der Waals surface area contributed by atoms with Crippen molar-refractivity contribution in [3.63, 3.8) is 0 Å². The minimum absolute atomic E-state index is 0.0462. The van der Waals surface area contributed by atoms with Crippen LogP contribution in [0.1, 0.15) is 10.4 Å². The first-order valence-corrected chi connectivity index (χ1v) is 5.76. The Morgan fingerprint density at radius 1 is 1.45 bits per heavy atom. The van der Waals surface area contributed by atoms with Crippen molar-refractivity contribution in [3.8, 4) is 11.6 Å². The zero-order valence-corrected chi connectivity index (χ0v) is 11.0. The Hall–Kier alpha value is -2.41. The topological polar surface area (TPSA) is 84.3 Å². The molecule has 0 saturated heterocycles. The number of rotatable bonds is 3. The van der Waals surface area contributed by atoms with Crippen molar-refractivity contribution in [2.75, 3.05) is 12.4 Å². The normalized spacial score (nSPS) is 10.2. The fourth-order valence-electron chi connectivity index (χ4n) is 1.46. The largest absolute Gasteiger partial charge is 0.507 e. The molecule has 20 heavy (non-hydrogen) atoms. The predicted molar refractivity (Wildman–Crippen MR) is 69.6 cm³/mol. The van der Waals surface area contributed by atoms with Crippen molar-refractivity contribution in [1.29, 1.82) is 0 Å². The molecule has 0 aliphatic heterocycles. The number of nitrogens with zero attached hydrogens (tertiary/aromatic N) is 2. The summed E-state index contributed by atoms with van der Waals surface area (Å²) in [6.45, 7) is 0. The second kappa shape index (κ2) is 5.70. The average molecular weight is 298 g/mol. The first-order valence-electron chi connectivity index (χ1n) is 5.38. The lowest BCUT2D eigenvalue weighted by atomic mass is 10.2. The Kier molecular flexibility index (Phi) is 3.99. The van der Waals surface area contributed by atoms with Crippen LogP contribution in [0.15, 0.2) is 24.3 Å². The molecule has 1 aromatic heterocycles. The number of carbonyl (C=O) groups excluding carboxylic acids is 1. The number of phenolic OH excluding ortho intramolecular Hbond substituents is 1. The number of methoxy groups -OCH3 is 1. The predicted octanol–water partition coefficient (Wildman–Crippen LogP) is 2.24. The molecule has 0 aliphatic carbocycles. The van der Waals surface area contributed by atoms with E-state index in [0.717, 1.165) is 6.07 Å². The molecule has 0 saturated carbocycles. The van der Waals surface area contributed by atoms with Crippen molar-refractivity contribution in [2.24, 2.45) is 0 Å². The number of aromatic nitrogens is 2. The van der Waals surface area contributed by atoms with E-state index in [4.69, 9.17) is 16.3 Å². The van der Waals surface area contributed by atoms with E-state index < -0.39 is 23.0 Å². The molecule has 0 unspecified atom stereocenters. The van der Waals surface area contributed by atoms with Gasteiger partial charge in [-0.2, -0.15) is 4.98 Å². The summed E-state index contributed by atoms with van der Waals surface area (Å²) in [5.41, 5.74) is -0.505. The lowest BCUT2D eigenvalue weighted by molar-refractivity contribution is 0.101. The van der Waals surface area contributed by atoms with Crippen molar-refractivity contribution in [3.05, 3.63) is 40.8 Å². The van der Waals surface area contributed by atoms with E-state index in [1.807, 2.05) is 0 Å². The van der Waals surface area contributed by atoms with Crippen molar-refractivity contribution >= 4 is 23.5 Å². The van der Waals surface area contributed by atoms with Crippen LogP contribution in [0.2, 0.25) is 5.15 Å². The number of hydrogen-bond donors (Lipinski definition) is 2. The highest BCUT2D eigenvalue weighted by atomic mass is 35.5. The lowest BCUT2D eigenvalue weighted by Crippen LogP contribution is -2.16. The fraction of sp³-hybridized carbons (Fsp3) is 0.0833. The molecule has 0 aliphatic rings. The van der Waals surface area contributed by atoms with Gasteiger partial charge in [0.2, 0.25) is 11.8 Å². The molecule has 2 aromatic rings. The Morgan fingerprint density at radius 3 is 2.85 bits per heavy atom. The van der Waals surface area contributed by atoms with Crippen LogP contribution in [-0.2, 0) is 0 Å². The van der Waals surface area contributed by atoms with Gasteiger partial charge in [-0.1, -0.05) is 17.7 Å². The number of carbonyl (C=O) groups is 1. The average Bonchev–Trinajstić information content (AvgIpc) is 2.37. The molecule has 0 fully saturated rings. The summed E-state index contributed by atoms with van der Waals surface area (Å²) in [6.07, 6.45) is 0. The molecular weight excluding hydrogens is 289 g/mol. The number of aromatic hydroxyl groups is 1.